The normalized spacial score (nSPS) is 23.8. The van der Waals surface area contributed by atoms with Crippen LogP contribution in [0.3, 0.4) is 0 Å². The molecule has 2 atom stereocenters. The minimum Gasteiger partial charge on any atom is -0.378 e. The molecular formula is C13H28N2O. The molecular weight excluding hydrogens is 200 g/mol. The predicted octanol–water partition coefficient (Wildman–Crippen LogP) is 1.88. The highest BCUT2D eigenvalue weighted by Gasteiger charge is 2.20. The summed E-state index contributed by atoms with van der Waals surface area (Å²) in [4.78, 5) is 2.46. The van der Waals surface area contributed by atoms with E-state index in [9.17, 15) is 0 Å². The van der Waals surface area contributed by atoms with Crippen molar-refractivity contribution >= 4 is 0 Å². The van der Waals surface area contributed by atoms with Gasteiger partial charge in [0.2, 0.25) is 0 Å². The molecule has 1 heterocycles. The van der Waals surface area contributed by atoms with Crippen molar-refractivity contribution < 1.29 is 4.74 Å². The smallest absolute Gasteiger partial charge is 0.0559 e. The van der Waals surface area contributed by atoms with Crippen LogP contribution in [0.1, 0.15) is 39.5 Å². The summed E-state index contributed by atoms with van der Waals surface area (Å²) in [6, 6.07) is 0.765. The van der Waals surface area contributed by atoms with E-state index < -0.39 is 0 Å². The number of ether oxygens (including phenoxy) is 1. The van der Waals surface area contributed by atoms with E-state index in [1.807, 2.05) is 0 Å². The molecule has 1 aliphatic rings. The van der Waals surface area contributed by atoms with Crippen molar-refractivity contribution in [2.45, 2.75) is 51.7 Å². The lowest BCUT2D eigenvalue weighted by Crippen LogP contribution is -2.27. The largest absolute Gasteiger partial charge is 0.378 e. The maximum absolute atomic E-state index is 5.83. The molecule has 1 saturated heterocycles. The van der Waals surface area contributed by atoms with Gasteiger partial charge in [0.05, 0.1) is 6.10 Å². The Balaban J connectivity index is 1.97. The van der Waals surface area contributed by atoms with Gasteiger partial charge >= 0.3 is 0 Å². The van der Waals surface area contributed by atoms with E-state index in [1.165, 1.54) is 25.8 Å². The lowest BCUT2D eigenvalue weighted by molar-refractivity contribution is 0.0489. The van der Waals surface area contributed by atoms with Gasteiger partial charge < -0.3 is 15.0 Å². The first kappa shape index (κ1) is 13.9. The topological polar surface area (TPSA) is 24.5 Å². The molecule has 0 amide bonds. The van der Waals surface area contributed by atoms with Gasteiger partial charge in [0.25, 0.3) is 0 Å². The van der Waals surface area contributed by atoms with E-state index >= 15 is 0 Å². The number of nitrogens with zero attached hydrogens (tertiary/aromatic N) is 1. The maximum atomic E-state index is 5.83. The fourth-order valence-electron chi connectivity index (χ4n) is 2.31. The molecule has 0 radical (unpaired) electrons. The molecule has 16 heavy (non-hydrogen) atoms. The molecule has 1 N–H and O–H groups in total. The van der Waals surface area contributed by atoms with E-state index in [0.717, 1.165) is 32.2 Å². The molecule has 3 heteroatoms. The van der Waals surface area contributed by atoms with Gasteiger partial charge in [0, 0.05) is 12.6 Å². The summed E-state index contributed by atoms with van der Waals surface area (Å²) in [7, 11) is 2.23. The van der Waals surface area contributed by atoms with Crippen LogP contribution in [0.25, 0.3) is 0 Å². The van der Waals surface area contributed by atoms with E-state index in [4.69, 9.17) is 4.74 Å². The number of nitrogens with one attached hydrogen (secondary N) is 1. The fraction of sp³-hybridized carbons (Fsp3) is 1.00. The zero-order valence-corrected chi connectivity index (χ0v) is 11.2. The van der Waals surface area contributed by atoms with E-state index in [1.54, 1.807) is 0 Å². The lowest BCUT2D eigenvalue weighted by Gasteiger charge is -2.20. The van der Waals surface area contributed by atoms with E-state index in [-0.39, 0.29) is 0 Å². The second-order valence-electron chi connectivity index (χ2n) is 4.89. The summed E-state index contributed by atoms with van der Waals surface area (Å²) in [5.41, 5.74) is 0. The third-order valence-corrected chi connectivity index (χ3v) is 3.50. The standard InChI is InChI=1S/C13H28N2O/c1-4-14-9-7-12(2)16-11-8-13-6-5-10-15(13)3/h12-14H,4-11H2,1-3H3. The van der Waals surface area contributed by atoms with Gasteiger partial charge in [0.1, 0.15) is 0 Å². The molecule has 1 aliphatic heterocycles. The second kappa shape index (κ2) is 8.04. The summed E-state index contributed by atoms with van der Waals surface area (Å²) in [5, 5.41) is 3.33. The average Bonchev–Trinajstić information content (AvgIpc) is 2.65. The molecule has 1 rings (SSSR count). The molecule has 2 unspecified atom stereocenters. The Labute approximate surface area is 101 Å². The molecule has 1 fully saturated rings. The minimum absolute atomic E-state index is 0.394. The van der Waals surface area contributed by atoms with Crippen LogP contribution in [0.5, 0.6) is 0 Å². The zero-order chi connectivity index (χ0) is 11.8. The van der Waals surface area contributed by atoms with E-state index in [2.05, 4.69) is 31.1 Å². The number of likely N-dealkylation sites (tertiary alicyclic amines) is 1. The molecule has 0 saturated carbocycles. The van der Waals surface area contributed by atoms with Crippen molar-refractivity contribution in [3.63, 3.8) is 0 Å². The quantitative estimate of drug-likeness (QED) is 0.642. The molecule has 0 aromatic heterocycles. The predicted molar refractivity (Wildman–Crippen MR) is 68.8 cm³/mol. The monoisotopic (exact) mass is 228 g/mol. The third kappa shape index (κ3) is 5.28. The Bertz CT molecular complexity index is 175. The van der Waals surface area contributed by atoms with Crippen molar-refractivity contribution in [1.82, 2.24) is 10.2 Å². The van der Waals surface area contributed by atoms with Gasteiger partial charge in [0.15, 0.2) is 0 Å². The highest BCUT2D eigenvalue weighted by Crippen LogP contribution is 2.17. The maximum Gasteiger partial charge on any atom is 0.0559 e. The zero-order valence-electron chi connectivity index (χ0n) is 11.2. The molecule has 0 aromatic rings. The van der Waals surface area contributed by atoms with Crippen LogP contribution in [0, 0.1) is 0 Å². The molecule has 3 nitrogen and oxygen atoms in total. The van der Waals surface area contributed by atoms with Crippen LogP contribution in [-0.2, 0) is 4.74 Å². The van der Waals surface area contributed by atoms with Crippen molar-refractivity contribution in [2.75, 3.05) is 33.3 Å². The second-order valence-corrected chi connectivity index (χ2v) is 4.89. The van der Waals surface area contributed by atoms with Crippen molar-refractivity contribution in [2.24, 2.45) is 0 Å². The van der Waals surface area contributed by atoms with Gasteiger partial charge in [-0.05, 0) is 59.3 Å². The first-order chi connectivity index (χ1) is 7.74. The molecule has 0 spiro atoms. The van der Waals surface area contributed by atoms with Crippen LogP contribution < -0.4 is 5.32 Å². The number of hydrogen-bond donors (Lipinski definition) is 1. The van der Waals surface area contributed by atoms with Crippen LogP contribution in [-0.4, -0.2) is 50.3 Å². The first-order valence-electron chi connectivity index (χ1n) is 6.76. The number of hydrogen-bond acceptors (Lipinski definition) is 3. The van der Waals surface area contributed by atoms with Gasteiger partial charge in [-0.2, -0.15) is 0 Å². The van der Waals surface area contributed by atoms with Crippen LogP contribution in [0.15, 0.2) is 0 Å². The van der Waals surface area contributed by atoms with E-state index in [0.29, 0.717) is 6.10 Å². The fourth-order valence-corrected chi connectivity index (χ4v) is 2.31. The molecule has 0 bridgehead atoms. The van der Waals surface area contributed by atoms with Gasteiger partial charge in [-0.1, -0.05) is 6.92 Å². The molecule has 0 aliphatic carbocycles. The van der Waals surface area contributed by atoms with Crippen LogP contribution in [0.4, 0.5) is 0 Å². The van der Waals surface area contributed by atoms with Crippen LogP contribution >= 0.6 is 0 Å². The van der Waals surface area contributed by atoms with Gasteiger partial charge in [-0.25, -0.2) is 0 Å². The minimum atomic E-state index is 0.394. The Morgan fingerprint density at radius 2 is 2.31 bits per heavy atom. The summed E-state index contributed by atoms with van der Waals surface area (Å²) in [6.45, 7) is 8.63. The molecule has 96 valence electrons. The van der Waals surface area contributed by atoms with Crippen LogP contribution in [0.2, 0.25) is 0 Å². The highest BCUT2D eigenvalue weighted by molar-refractivity contribution is 4.75. The average molecular weight is 228 g/mol. The SMILES string of the molecule is CCNCCC(C)OCCC1CCCN1C. The van der Waals surface area contributed by atoms with Crippen molar-refractivity contribution in [3.8, 4) is 0 Å². The number of rotatable bonds is 8. The highest BCUT2D eigenvalue weighted by atomic mass is 16.5. The Hall–Kier alpha value is -0.120. The third-order valence-electron chi connectivity index (χ3n) is 3.50. The molecule has 0 aromatic carbocycles. The summed E-state index contributed by atoms with van der Waals surface area (Å²) in [6.07, 6.45) is 5.42. The van der Waals surface area contributed by atoms with Gasteiger partial charge in [-0.15, -0.1) is 0 Å². The Morgan fingerprint density at radius 3 is 2.94 bits per heavy atom. The summed E-state index contributed by atoms with van der Waals surface area (Å²) in [5.74, 6) is 0. The summed E-state index contributed by atoms with van der Waals surface area (Å²) < 4.78 is 5.83. The Morgan fingerprint density at radius 1 is 1.50 bits per heavy atom. The van der Waals surface area contributed by atoms with Crippen molar-refractivity contribution in [1.29, 1.82) is 0 Å². The van der Waals surface area contributed by atoms with Gasteiger partial charge in [-0.3, -0.25) is 0 Å². The first-order valence-corrected chi connectivity index (χ1v) is 6.76. The lowest BCUT2D eigenvalue weighted by atomic mass is 10.1. The Kier molecular flexibility index (Phi) is 7.01. The summed E-state index contributed by atoms with van der Waals surface area (Å²) >= 11 is 0. The van der Waals surface area contributed by atoms with Crippen molar-refractivity contribution in [3.05, 3.63) is 0 Å².